The molecule has 0 aromatic carbocycles. The maximum Gasteiger partial charge on any atom is 0.183 e. The number of amidine groups is 1. The van der Waals surface area contributed by atoms with Gasteiger partial charge < -0.3 is 0 Å². The summed E-state index contributed by atoms with van der Waals surface area (Å²) in [5, 5.41) is 4.33. The van der Waals surface area contributed by atoms with E-state index in [2.05, 4.69) is 20.3 Å². The van der Waals surface area contributed by atoms with Gasteiger partial charge in [-0.15, -0.1) is 0 Å². The highest BCUT2D eigenvalue weighted by Crippen LogP contribution is 2.46. The zero-order valence-corrected chi connectivity index (χ0v) is 5.57. The van der Waals surface area contributed by atoms with Crippen LogP contribution in [-0.2, 0) is 6.42 Å². The van der Waals surface area contributed by atoms with E-state index in [1.54, 1.807) is 0 Å². The van der Waals surface area contributed by atoms with Crippen molar-refractivity contribution in [3.05, 3.63) is 11.5 Å². The Kier molecular flexibility index (Phi) is 0.423. The van der Waals surface area contributed by atoms with E-state index in [9.17, 15) is 0 Å². The summed E-state index contributed by atoms with van der Waals surface area (Å²) in [4.78, 5) is 12.9. The van der Waals surface area contributed by atoms with Crippen molar-refractivity contribution in [1.29, 1.82) is 0 Å². The molecule has 0 fully saturated rings. The average molecular weight is 143 g/mol. The van der Waals surface area contributed by atoms with Gasteiger partial charge in [-0.05, 0) is 0 Å². The topological polar surface area (TPSA) is 52.2 Å². The summed E-state index contributed by atoms with van der Waals surface area (Å²) in [6.45, 7) is 0. The molecule has 0 amide bonds. The van der Waals surface area contributed by atoms with Gasteiger partial charge in [0.15, 0.2) is 5.82 Å². The molecule has 1 unspecified atom stereocenters. The van der Waals surface area contributed by atoms with Crippen LogP contribution < -0.4 is 5.32 Å². The third-order valence-corrected chi connectivity index (χ3v) is 2.42. The predicted octanol–water partition coefficient (Wildman–Crippen LogP) is 0.409. The molecule has 0 N–H and O–H groups in total. The summed E-state index contributed by atoms with van der Waals surface area (Å²) < 4.78 is 0. The first-order chi connectivity index (χ1) is 5.42. The standard InChI is InChI=1S/C7H3N4/c1-2-5-8-3(1)4-7(10-5)11-6(2)9-4/h2H,1H2. The maximum absolute atomic E-state index is 4.33. The summed E-state index contributed by atoms with van der Waals surface area (Å²) in [5.74, 6) is 2.98. The van der Waals surface area contributed by atoms with E-state index in [0.29, 0.717) is 5.92 Å². The van der Waals surface area contributed by atoms with Crippen molar-refractivity contribution >= 4 is 17.3 Å². The Labute approximate surface area is 62.4 Å². The first-order valence-electron chi connectivity index (χ1n) is 3.63. The lowest BCUT2D eigenvalue weighted by Crippen LogP contribution is -2.20. The Morgan fingerprint density at radius 3 is 3.27 bits per heavy atom. The van der Waals surface area contributed by atoms with E-state index >= 15 is 0 Å². The molecule has 51 valence electrons. The summed E-state index contributed by atoms with van der Waals surface area (Å²) in [5.41, 5.74) is 2.03. The molecule has 1 aromatic rings. The van der Waals surface area contributed by atoms with Gasteiger partial charge in [-0.25, -0.2) is 20.3 Å². The molecule has 5 rings (SSSR count). The third-order valence-electron chi connectivity index (χ3n) is 2.42. The Morgan fingerprint density at radius 2 is 2.27 bits per heavy atom. The minimum atomic E-state index is 0.306. The normalized spacial score (nSPS) is 26.2. The second-order valence-corrected chi connectivity index (χ2v) is 3.04. The molecule has 4 aliphatic heterocycles. The van der Waals surface area contributed by atoms with E-state index in [1.165, 1.54) is 0 Å². The van der Waals surface area contributed by atoms with Crippen LogP contribution in [0.15, 0.2) is 4.99 Å². The van der Waals surface area contributed by atoms with Crippen molar-refractivity contribution in [2.75, 3.05) is 0 Å². The van der Waals surface area contributed by atoms with Crippen LogP contribution in [0.2, 0.25) is 0 Å². The minimum absolute atomic E-state index is 0.306. The Hall–Kier alpha value is -1.45. The smallest absolute Gasteiger partial charge is 0.183 e. The van der Waals surface area contributed by atoms with Gasteiger partial charge in [0, 0.05) is 6.42 Å². The maximum atomic E-state index is 4.33. The van der Waals surface area contributed by atoms with E-state index in [-0.39, 0.29) is 0 Å². The predicted molar refractivity (Wildman–Crippen MR) is 37.4 cm³/mol. The molecule has 4 heteroatoms. The van der Waals surface area contributed by atoms with Crippen LogP contribution in [0, 0.1) is 0 Å². The number of rotatable bonds is 0. The summed E-state index contributed by atoms with van der Waals surface area (Å²) in [7, 11) is 0. The van der Waals surface area contributed by atoms with Crippen molar-refractivity contribution in [2.24, 2.45) is 4.99 Å². The monoisotopic (exact) mass is 143 g/mol. The van der Waals surface area contributed by atoms with Gasteiger partial charge in [-0.2, -0.15) is 0 Å². The van der Waals surface area contributed by atoms with E-state index in [1.807, 2.05) is 0 Å². The second kappa shape index (κ2) is 1.05. The molecule has 11 heavy (non-hydrogen) atoms. The SMILES string of the molecule is C1c2nc3nc4c2[N]C(=N4)C13. The largest absolute Gasteiger partial charge is 0.235 e. The van der Waals surface area contributed by atoms with Crippen molar-refractivity contribution < 1.29 is 0 Å². The quantitative estimate of drug-likeness (QED) is 0.528. The molecule has 1 aromatic heterocycles. The minimum Gasteiger partial charge on any atom is -0.235 e. The van der Waals surface area contributed by atoms with Crippen molar-refractivity contribution in [3.8, 4) is 0 Å². The molecule has 0 saturated carbocycles. The van der Waals surface area contributed by atoms with E-state index in [0.717, 1.165) is 35.3 Å². The fourth-order valence-electron chi connectivity index (χ4n) is 1.89. The molecule has 0 saturated heterocycles. The highest BCUT2D eigenvalue weighted by atomic mass is 15.2. The number of hydrogen-bond donors (Lipinski definition) is 0. The molecule has 0 spiro atoms. The molecular formula is C7H3N4. The third kappa shape index (κ3) is 0.307. The Morgan fingerprint density at radius 1 is 1.27 bits per heavy atom. The number of aliphatic imine (C=N–C) groups is 1. The van der Waals surface area contributed by atoms with Gasteiger partial charge in [0.1, 0.15) is 17.3 Å². The van der Waals surface area contributed by atoms with Gasteiger partial charge in [0.2, 0.25) is 0 Å². The fraction of sp³-hybridized carbons (Fsp3) is 0.286. The van der Waals surface area contributed by atoms with Gasteiger partial charge in [0.05, 0.1) is 11.6 Å². The van der Waals surface area contributed by atoms with E-state index < -0.39 is 0 Å². The van der Waals surface area contributed by atoms with E-state index in [4.69, 9.17) is 0 Å². The molecule has 1 atom stereocenters. The van der Waals surface area contributed by atoms with Crippen LogP contribution in [0.3, 0.4) is 0 Å². The van der Waals surface area contributed by atoms with Gasteiger partial charge in [-0.1, -0.05) is 0 Å². The molecular weight excluding hydrogens is 140 g/mol. The zero-order chi connectivity index (χ0) is 7.00. The lowest BCUT2D eigenvalue weighted by atomic mass is 10.0. The van der Waals surface area contributed by atoms with Crippen LogP contribution in [0.1, 0.15) is 17.4 Å². The Bertz CT molecular complexity index is 421. The highest BCUT2D eigenvalue weighted by Gasteiger charge is 2.43. The fourth-order valence-corrected chi connectivity index (χ4v) is 1.89. The Balaban J connectivity index is 2.35. The molecule has 4 aliphatic rings. The van der Waals surface area contributed by atoms with Gasteiger partial charge >= 0.3 is 0 Å². The molecule has 4 nitrogen and oxygen atoms in total. The molecule has 1 radical (unpaired) electrons. The first-order valence-corrected chi connectivity index (χ1v) is 3.63. The van der Waals surface area contributed by atoms with Crippen molar-refractivity contribution in [1.82, 2.24) is 15.3 Å². The van der Waals surface area contributed by atoms with Crippen LogP contribution in [0.25, 0.3) is 0 Å². The van der Waals surface area contributed by atoms with Crippen LogP contribution in [-0.4, -0.2) is 15.8 Å². The summed E-state index contributed by atoms with van der Waals surface area (Å²) >= 11 is 0. The number of nitrogens with zero attached hydrogens (tertiary/aromatic N) is 4. The van der Waals surface area contributed by atoms with Crippen molar-refractivity contribution in [3.63, 3.8) is 0 Å². The summed E-state index contributed by atoms with van der Waals surface area (Å²) in [6.07, 6.45) is 0.986. The van der Waals surface area contributed by atoms with Crippen LogP contribution >= 0.6 is 0 Å². The van der Waals surface area contributed by atoms with Crippen molar-refractivity contribution in [2.45, 2.75) is 12.3 Å². The lowest BCUT2D eigenvalue weighted by molar-refractivity contribution is 0.847. The second-order valence-electron chi connectivity index (χ2n) is 3.04. The number of aromatic nitrogens is 2. The molecule has 5 heterocycles. The average Bonchev–Trinajstić information content (AvgIpc) is 2.48. The van der Waals surface area contributed by atoms with Crippen LogP contribution in [0.5, 0.6) is 0 Å². The highest BCUT2D eigenvalue weighted by molar-refractivity contribution is 6.03. The molecule has 0 aliphatic carbocycles. The van der Waals surface area contributed by atoms with Crippen LogP contribution in [0.4, 0.5) is 11.5 Å². The lowest BCUT2D eigenvalue weighted by Gasteiger charge is -2.09. The summed E-state index contributed by atoms with van der Waals surface area (Å²) in [6, 6.07) is 0. The van der Waals surface area contributed by atoms with Gasteiger partial charge in [-0.3, -0.25) is 0 Å². The molecule has 6 bridgehead atoms. The number of hydrogen-bond acceptors (Lipinski definition) is 3. The zero-order valence-electron chi connectivity index (χ0n) is 5.57. The van der Waals surface area contributed by atoms with Gasteiger partial charge in [0.25, 0.3) is 0 Å². The first kappa shape index (κ1) is 4.43.